The third-order valence-electron chi connectivity index (χ3n) is 2.45. The average molecular weight is 305 g/mol. The van der Waals surface area contributed by atoms with Crippen molar-refractivity contribution in [3.63, 3.8) is 0 Å². The molecule has 0 saturated heterocycles. The van der Waals surface area contributed by atoms with Crippen molar-refractivity contribution in [3.8, 4) is 0 Å². The zero-order valence-corrected chi connectivity index (χ0v) is 11.7. The highest BCUT2D eigenvalue weighted by Gasteiger charge is 2.29. The van der Waals surface area contributed by atoms with Crippen LogP contribution in [0.1, 0.15) is 16.7 Å². The van der Waals surface area contributed by atoms with Crippen LogP contribution in [0.3, 0.4) is 0 Å². The van der Waals surface area contributed by atoms with Crippen molar-refractivity contribution in [1.29, 1.82) is 0 Å². The Kier molecular flexibility index (Phi) is 5.57. The molecule has 0 heterocycles. The molecule has 0 radical (unpaired) electrons. The molecule has 2 aromatic rings. The van der Waals surface area contributed by atoms with E-state index in [1.807, 2.05) is 6.92 Å². The molecule has 5 heteroatoms. The van der Waals surface area contributed by atoms with E-state index in [0.717, 1.165) is 23.3 Å². The minimum atomic E-state index is -4.21. The molecule has 108 valence electrons. The number of hydrogen-bond donors (Lipinski definition) is 0. The molecule has 0 N–H and O–H groups in total. The lowest BCUT2D eigenvalue weighted by Crippen LogP contribution is -2.03. The quantitative estimate of drug-likeness (QED) is 0.539. The van der Waals surface area contributed by atoms with E-state index in [2.05, 4.69) is 0 Å². The highest BCUT2D eigenvalue weighted by molar-refractivity contribution is 6.30. The van der Waals surface area contributed by atoms with Gasteiger partial charge in [-0.05, 0) is 43.7 Å². The van der Waals surface area contributed by atoms with E-state index in [1.54, 1.807) is 19.1 Å². The molecule has 0 aliphatic carbocycles. The molecule has 0 aliphatic heterocycles. The molecular formula is C15H13ClF4. The first-order valence-electron chi connectivity index (χ1n) is 5.75. The van der Waals surface area contributed by atoms with Crippen molar-refractivity contribution in [1.82, 2.24) is 0 Å². The third kappa shape index (κ3) is 5.21. The first kappa shape index (κ1) is 16.5. The lowest BCUT2D eigenvalue weighted by atomic mass is 10.1. The minimum Gasteiger partial charge on any atom is -0.205 e. The van der Waals surface area contributed by atoms with Gasteiger partial charge in [-0.2, -0.15) is 13.2 Å². The molecule has 2 aromatic carbocycles. The second kappa shape index (κ2) is 6.75. The Hall–Kier alpha value is -1.55. The van der Waals surface area contributed by atoms with Crippen molar-refractivity contribution in [2.75, 3.05) is 0 Å². The fourth-order valence-corrected chi connectivity index (χ4v) is 1.58. The highest BCUT2D eigenvalue weighted by Crippen LogP contribution is 2.28. The van der Waals surface area contributed by atoms with Gasteiger partial charge in [-0.25, -0.2) is 4.39 Å². The number of aryl methyl sites for hydroxylation is 2. The van der Waals surface area contributed by atoms with Crippen molar-refractivity contribution in [2.24, 2.45) is 0 Å². The Morgan fingerprint density at radius 1 is 0.850 bits per heavy atom. The Labute approximate surface area is 120 Å². The molecular weight excluding hydrogens is 292 g/mol. The Balaban J connectivity index is 0.000000204. The van der Waals surface area contributed by atoms with Crippen LogP contribution in [-0.2, 0) is 6.18 Å². The van der Waals surface area contributed by atoms with Crippen LogP contribution >= 0.6 is 11.6 Å². The van der Waals surface area contributed by atoms with Crippen LogP contribution in [0.15, 0.2) is 42.5 Å². The fraction of sp³-hybridized carbons (Fsp3) is 0.200. The van der Waals surface area contributed by atoms with Crippen molar-refractivity contribution < 1.29 is 17.6 Å². The molecule has 0 saturated carbocycles. The topological polar surface area (TPSA) is 0 Å². The summed E-state index contributed by atoms with van der Waals surface area (Å²) < 4.78 is 48.1. The predicted octanol–water partition coefficient (Wildman–Crippen LogP) is 5.80. The van der Waals surface area contributed by atoms with E-state index < -0.39 is 11.7 Å². The SMILES string of the molecule is Cc1ccc(C(F)(F)F)cc1.Cc1ccc(F)c(Cl)c1. The van der Waals surface area contributed by atoms with Gasteiger partial charge in [-0.3, -0.25) is 0 Å². The average Bonchev–Trinajstić information content (AvgIpc) is 2.34. The normalized spacial score (nSPS) is 10.8. The monoisotopic (exact) mass is 304 g/mol. The number of benzene rings is 2. The zero-order chi connectivity index (χ0) is 15.3. The van der Waals surface area contributed by atoms with Crippen LogP contribution in [0.2, 0.25) is 5.02 Å². The van der Waals surface area contributed by atoms with Crippen LogP contribution in [0, 0.1) is 19.7 Å². The summed E-state index contributed by atoms with van der Waals surface area (Å²) in [6, 6.07) is 9.69. The summed E-state index contributed by atoms with van der Waals surface area (Å²) in [7, 11) is 0. The second-order valence-corrected chi connectivity index (χ2v) is 4.69. The maximum absolute atomic E-state index is 12.4. The molecule has 0 unspecified atom stereocenters. The van der Waals surface area contributed by atoms with Gasteiger partial charge < -0.3 is 0 Å². The van der Waals surface area contributed by atoms with Gasteiger partial charge in [-0.1, -0.05) is 35.4 Å². The number of alkyl halides is 3. The van der Waals surface area contributed by atoms with Gasteiger partial charge in [-0.15, -0.1) is 0 Å². The molecule has 0 aliphatic rings. The molecule has 0 bridgehead atoms. The lowest BCUT2D eigenvalue weighted by molar-refractivity contribution is -0.137. The summed E-state index contributed by atoms with van der Waals surface area (Å²) in [5.74, 6) is -0.359. The van der Waals surface area contributed by atoms with Gasteiger partial charge in [0, 0.05) is 0 Å². The van der Waals surface area contributed by atoms with Crippen molar-refractivity contribution in [3.05, 3.63) is 70.0 Å². The van der Waals surface area contributed by atoms with Crippen LogP contribution in [0.4, 0.5) is 17.6 Å². The summed E-state index contributed by atoms with van der Waals surface area (Å²) in [6.45, 7) is 3.62. The first-order chi connectivity index (χ1) is 9.20. The molecule has 0 spiro atoms. The van der Waals surface area contributed by atoms with Gasteiger partial charge in [0.2, 0.25) is 0 Å². The number of rotatable bonds is 0. The third-order valence-corrected chi connectivity index (χ3v) is 2.74. The maximum atomic E-state index is 12.4. The summed E-state index contributed by atoms with van der Waals surface area (Å²) in [6.07, 6.45) is -4.21. The molecule has 0 atom stereocenters. The van der Waals surface area contributed by atoms with E-state index in [-0.39, 0.29) is 10.8 Å². The summed E-state index contributed by atoms with van der Waals surface area (Å²) >= 11 is 5.44. The minimum absolute atomic E-state index is 0.190. The van der Waals surface area contributed by atoms with Crippen LogP contribution < -0.4 is 0 Å². The standard InChI is InChI=1S/C8H7F3.C7H6ClF/c1-6-2-4-7(5-3-6)8(9,10)11;1-5-2-3-7(9)6(8)4-5/h2-5H,1H3;2-4H,1H3. The smallest absolute Gasteiger partial charge is 0.205 e. The molecule has 0 aromatic heterocycles. The van der Waals surface area contributed by atoms with E-state index in [0.29, 0.717) is 0 Å². The molecule has 0 amide bonds. The van der Waals surface area contributed by atoms with Gasteiger partial charge in [0.1, 0.15) is 5.82 Å². The van der Waals surface area contributed by atoms with E-state index in [1.165, 1.54) is 18.2 Å². The van der Waals surface area contributed by atoms with Gasteiger partial charge in [0.25, 0.3) is 0 Å². The Morgan fingerprint density at radius 2 is 1.35 bits per heavy atom. The van der Waals surface area contributed by atoms with Crippen LogP contribution in [0.5, 0.6) is 0 Å². The van der Waals surface area contributed by atoms with Crippen LogP contribution in [-0.4, -0.2) is 0 Å². The number of hydrogen-bond acceptors (Lipinski definition) is 0. The Bertz CT molecular complexity index is 559. The summed E-state index contributed by atoms with van der Waals surface area (Å²) in [5, 5.41) is 0.190. The fourth-order valence-electron chi connectivity index (χ4n) is 1.34. The van der Waals surface area contributed by atoms with Gasteiger partial charge >= 0.3 is 6.18 Å². The van der Waals surface area contributed by atoms with E-state index in [4.69, 9.17) is 11.6 Å². The number of halogens is 5. The molecule has 2 rings (SSSR count). The largest absolute Gasteiger partial charge is 0.416 e. The zero-order valence-electron chi connectivity index (χ0n) is 10.9. The van der Waals surface area contributed by atoms with Crippen LogP contribution in [0.25, 0.3) is 0 Å². The lowest BCUT2D eigenvalue weighted by Gasteiger charge is -2.05. The molecule has 20 heavy (non-hydrogen) atoms. The first-order valence-corrected chi connectivity index (χ1v) is 6.13. The highest BCUT2D eigenvalue weighted by atomic mass is 35.5. The van der Waals surface area contributed by atoms with Crippen molar-refractivity contribution in [2.45, 2.75) is 20.0 Å². The molecule has 0 fully saturated rings. The maximum Gasteiger partial charge on any atom is 0.416 e. The van der Waals surface area contributed by atoms with Crippen molar-refractivity contribution >= 4 is 11.6 Å². The summed E-state index contributed by atoms with van der Waals surface area (Å²) in [5.41, 5.74) is 1.21. The second-order valence-electron chi connectivity index (χ2n) is 4.28. The Morgan fingerprint density at radius 3 is 1.75 bits per heavy atom. The molecule has 0 nitrogen and oxygen atoms in total. The van der Waals surface area contributed by atoms with E-state index >= 15 is 0 Å². The van der Waals surface area contributed by atoms with Gasteiger partial charge in [0.05, 0.1) is 10.6 Å². The summed E-state index contributed by atoms with van der Waals surface area (Å²) in [4.78, 5) is 0. The van der Waals surface area contributed by atoms with Gasteiger partial charge in [0.15, 0.2) is 0 Å². The van der Waals surface area contributed by atoms with E-state index in [9.17, 15) is 17.6 Å². The predicted molar refractivity (Wildman–Crippen MR) is 72.3 cm³/mol.